The van der Waals surface area contributed by atoms with E-state index in [1.54, 1.807) is 0 Å². The monoisotopic (exact) mass is 662 g/mol. The molecule has 0 aromatic rings. The van der Waals surface area contributed by atoms with Crippen LogP contribution >= 0.6 is 0 Å². The minimum Gasteiger partial charge on any atom is -0.462 e. The topological polar surface area (TPSA) is 72.8 Å². The Morgan fingerprint density at radius 1 is 0.500 bits per heavy atom. The third-order valence-corrected chi connectivity index (χ3v) is 7.05. The molecular formula is C43H66O5. The number of aliphatic hydroxyl groups excluding tert-OH is 1. The van der Waals surface area contributed by atoms with Gasteiger partial charge >= 0.3 is 11.9 Å². The lowest BCUT2D eigenvalue weighted by molar-refractivity contribution is -0.161. The van der Waals surface area contributed by atoms with Gasteiger partial charge in [0, 0.05) is 12.8 Å². The van der Waals surface area contributed by atoms with Crippen molar-refractivity contribution < 1.29 is 24.2 Å². The van der Waals surface area contributed by atoms with Crippen molar-refractivity contribution in [3.8, 4) is 0 Å². The molecule has 0 heterocycles. The minimum atomic E-state index is -0.830. The average Bonchev–Trinajstić information content (AvgIpc) is 3.09. The zero-order chi connectivity index (χ0) is 35.0. The van der Waals surface area contributed by atoms with E-state index >= 15 is 0 Å². The van der Waals surface area contributed by atoms with Crippen molar-refractivity contribution in [1.82, 2.24) is 0 Å². The summed E-state index contributed by atoms with van der Waals surface area (Å²) in [6, 6.07) is 0. The van der Waals surface area contributed by atoms with Crippen LogP contribution in [0.2, 0.25) is 0 Å². The lowest BCUT2D eigenvalue weighted by Crippen LogP contribution is -2.28. The number of esters is 2. The third kappa shape index (κ3) is 35.4. The van der Waals surface area contributed by atoms with Gasteiger partial charge in [0.2, 0.25) is 0 Å². The fourth-order valence-electron chi connectivity index (χ4n) is 4.28. The molecule has 48 heavy (non-hydrogen) atoms. The summed E-state index contributed by atoms with van der Waals surface area (Å²) in [4.78, 5) is 24.2. The highest BCUT2D eigenvalue weighted by Gasteiger charge is 2.15. The van der Waals surface area contributed by atoms with Crippen LogP contribution in [0.3, 0.4) is 0 Å². The molecule has 0 spiro atoms. The lowest BCUT2D eigenvalue weighted by Gasteiger charge is -2.15. The van der Waals surface area contributed by atoms with Crippen LogP contribution in [0.25, 0.3) is 0 Å². The maximum absolute atomic E-state index is 12.1. The predicted octanol–water partition coefficient (Wildman–Crippen LogP) is 11.5. The van der Waals surface area contributed by atoms with Crippen molar-refractivity contribution in [2.24, 2.45) is 0 Å². The molecule has 5 heteroatoms. The Morgan fingerprint density at radius 2 is 0.875 bits per heavy atom. The Labute approximate surface area is 293 Å². The van der Waals surface area contributed by atoms with E-state index in [4.69, 9.17) is 9.47 Å². The molecule has 0 saturated carbocycles. The molecule has 1 N–H and O–H groups in total. The summed E-state index contributed by atoms with van der Waals surface area (Å²) >= 11 is 0. The number of hydrogen-bond acceptors (Lipinski definition) is 5. The maximum Gasteiger partial charge on any atom is 0.306 e. The minimum absolute atomic E-state index is 0.125. The van der Waals surface area contributed by atoms with E-state index in [9.17, 15) is 14.7 Å². The molecule has 0 aromatic heterocycles. The fourth-order valence-corrected chi connectivity index (χ4v) is 4.28. The summed E-state index contributed by atoms with van der Waals surface area (Å²) in [6.07, 6.45) is 54.4. The van der Waals surface area contributed by atoms with Crippen LogP contribution in [0, 0.1) is 0 Å². The molecule has 1 unspecified atom stereocenters. The van der Waals surface area contributed by atoms with Gasteiger partial charge in [-0.2, -0.15) is 0 Å². The van der Waals surface area contributed by atoms with E-state index in [2.05, 4.69) is 123 Å². The van der Waals surface area contributed by atoms with Crippen LogP contribution in [0.15, 0.2) is 109 Å². The molecule has 0 aliphatic rings. The van der Waals surface area contributed by atoms with Gasteiger partial charge in [-0.25, -0.2) is 0 Å². The zero-order valence-corrected chi connectivity index (χ0v) is 30.2. The number of unbranched alkanes of at least 4 members (excludes halogenated alkanes) is 5. The molecule has 0 radical (unpaired) electrons. The summed E-state index contributed by atoms with van der Waals surface area (Å²) in [5, 5.41) is 9.52. The predicted molar refractivity (Wildman–Crippen MR) is 205 cm³/mol. The van der Waals surface area contributed by atoms with Gasteiger partial charge in [0.1, 0.15) is 6.61 Å². The SMILES string of the molecule is CCC=CCC=CCC=CCC=CCC=CCCCC(=O)OC(CO)COC(=O)CCCC=CCC=CCC=CCC=CCCCCC. The summed E-state index contributed by atoms with van der Waals surface area (Å²) in [5.41, 5.74) is 0. The van der Waals surface area contributed by atoms with Crippen molar-refractivity contribution in [1.29, 1.82) is 0 Å². The van der Waals surface area contributed by atoms with Crippen LogP contribution in [0.4, 0.5) is 0 Å². The second-order valence-electron chi connectivity index (χ2n) is 11.6. The van der Waals surface area contributed by atoms with Crippen molar-refractivity contribution in [3.63, 3.8) is 0 Å². The number of carbonyl (C=O) groups is 2. The molecule has 268 valence electrons. The fraction of sp³-hybridized carbons (Fsp3) is 0.535. The average molecular weight is 663 g/mol. The van der Waals surface area contributed by atoms with Crippen molar-refractivity contribution in [3.05, 3.63) is 109 Å². The summed E-state index contributed by atoms with van der Waals surface area (Å²) < 4.78 is 10.5. The second kappa shape index (κ2) is 38.0. The summed E-state index contributed by atoms with van der Waals surface area (Å²) in [6.45, 7) is 3.87. The van der Waals surface area contributed by atoms with Crippen LogP contribution in [-0.4, -0.2) is 36.4 Å². The first kappa shape index (κ1) is 44.6. The van der Waals surface area contributed by atoms with Gasteiger partial charge < -0.3 is 14.6 Å². The molecule has 0 aromatic carbocycles. The first-order valence-corrected chi connectivity index (χ1v) is 18.4. The molecule has 0 fully saturated rings. The van der Waals surface area contributed by atoms with Gasteiger partial charge in [-0.1, -0.05) is 136 Å². The third-order valence-electron chi connectivity index (χ3n) is 7.05. The second-order valence-corrected chi connectivity index (χ2v) is 11.6. The van der Waals surface area contributed by atoms with Gasteiger partial charge in [-0.05, 0) is 89.9 Å². The van der Waals surface area contributed by atoms with Crippen molar-refractivity contribution in [2.45, 2.75) is 136 Å². The van der Waals surface area contributed by atoms with Crippen LogP contribution < -0.4 is 0 Å². The molecule has 1 atom stereocenters. The van der Waals surface area contributed by atoms with Gasteiger partial charge in [0.15, 0.2) is 6.10 Å². The Bertz CT molecular complexity index is 1020. The largest absolute Gasteiger partial charge is 0.462 e. The normalized spacial score (nSPS) is 13.5. The molecule has 0 rings (SSSR count). The molecular weight excluding hydrogens is 596 g/mol. The van der Waals surface area contributed by atoms with Crippen LogP contribution in [0.1, 0.15) is 129 Å². The van der Waals surface area contributed by atoms with Gasteiger partial charge in [0.25, 0.3) is 0 Å². The van der Waals surface area contributed by atoms with E-state index in [0.29, 0.717) is 12.8 Å². The number of rotatable bonds is 31. The van der Waals surface area contributed by atoms with E-state index < -0.39 is 12.1 Å². The molecule has 0 amide bonds. The van der Waals surface area contributed by atoms with E-state index in [-0.39, 0.29) is 32.0 Å². The number of carbonyl (C=O) groups excluding carboxylic acids is 2. The highest BCUT2D eigenvalue weighted by atomic mass is 16.6. The van der Waals surface area contributed by atoms with Gasteiger partial charge in [-0.15, -0.1) is 0 Å². The van der Waals surface area contributed by atoms with Crippen molar-refractivity contribution in [2.75, 3.05) is 13.2 Å². The molecule has 0 saturated heterocycles. The summed E-state index contributed by atoms with van der Waals surface area (Å²) in [5.74, 6) is -0.739. The van der Waals surface area contributed by atoms with Crippen LogP contribution in [0.5, 0.6) is 0 Å². The first-order chi connectivity index (χ1) is 23.6. The molecule has 0 aliphatic heterocycles. The highest BCUT2D eigenvalue weighted by Crippen LogP contribution is 2.06. The van der Waals surface area contributed by atoms with E-state index in [0.717, 1.165) is 64.2 Å². The van der Waals surface area contributed by atoms with Gasteiger partial charge in [-0.3, -0.25) is 9.59 Å². The lowest BCUT2D eigenvalue weighted by atomic mass is 10.2. The highest BCUT2D eigenvalue weighted by molar-refractivity contribution is 5.70. The Hall–Kier alpha value is -3.44. The maximum atomic E-state index is 12.1. The molecule has 0 bridgehead atoms. The number of aliphatic hydroxyl groups is 1. The van der Waals surface area contributed by atoms with Crippen LogP contribution in [-0.2, 0) is 19.1 Å². The zero-order valence-electron chi connectivity index (χ0n) is 30.2. The van der Waals surface area contributed by atoms with Gasteiger partial charge in [0.05, 0.1) is 6.61 Å². The Morgan fingerprint density at radius 3 is 1.27 bits per heavy atom. The molecule has 0 aliphatic carbocycles. The quantitative estimate of drug-likeness (QED) is 0.0454. The first-order valence-electron chi connectivity index (χ1n) is 18.4. The number of ether oxygens (including phenoxy) is 2. The molecule has 5 nitrogen and oxygen atoms in total. The Kier molecular flexibility index (Phi) is 35.3. The van der Waals surface area contributed by atoms with E-state index in [1.165, 1.54) is 25.7 Å². The van der Waals surface area contributed by atoms with E-state index in [1.807, 2.05) is 0 Å². The Balaban J connectivity index is 3.82. The standard InChI is InChI=1S/C43H66O5/c1-3-5-7-9-11-13-15-17-19-21-23-25-27-29-31-33-35-37-42(45)47-40-41(39-44)48-43(46)38-36-34-32-30-28-26-24-22-20-18-16-14-12-10-8-6-4-2/h6,8,11-14,17-20,23-26,29-32,41,44H,3-5,7,9-10,15-16,21-22,27-28,33-40H2,1-2H3. The number of hydrogen-bond donors (Lipinski definition) is 1. The summed E-state index contributed by atoms with van der Waals surface area (Å²) in [7, 11) is 0. The smallest absolute Gasteiger partial charge is 0.306 e. The number of allylic oxidation sites excluding steroid dienone is 18. The van der Waals surface area contributed by atoms with Crippen molar-refractivity contribution >= 4 is 11.9 Å².